The van der Waals surface area contributed by atoms with Crippen molar-refractivity contribution in [2.45, 2.75) is 19.0 Å². The van der Waals surface area contributed by atoms with Crippen molar-refractivity contribution in [2.24, 2.45) is 4.99 Å². The van der Waals surface area contributed by atoms with E-state index in [0.29, 0.717) is 5.75 Å². The van der Waals surface area contributed by atoms with E-state index in [4.69, 9.17) is 9.47 Å². The quantitative estimate of drug-likeness (QED) is 0.816. The van der Waals surface area contributed by atoms with Crippen molar-refractivity contribution in [3.8, 4) is 5.75 Å². The summed E-state index contributed by atoms with van der Waals surface area (Å²) in [4.78, 5) is 3.80. The van der Waals surface area contributed by atoms with Gasteiger partial charge in [0.15, 0.2) is 0 Å². The van der Waals surface area contributed by atoms with E-state index in [1.165, 1.54) is 31.4 Å². The van der Waals surface area contributed by atoms with Crippen LogP contribution in [0.3, 0.4) is 0 Å². The largest absolute Gasteiger partial charge is 0.497 e. The summed E-state index contributed by atoms with van der Waals surface area (Å²) in [5.74, 6) is -4.88. The van der Waals surface area contributed by atoms with Crippen LogP contribution < -0.4 is 10.1 Å². The van der Waals surface area contributed by atoms with Gasteiger partial charge in [-0.05, 0) is 31.2 Å². The zero-order chi connectivity index (χ0) is 18.0. The molecule has 1 heterocycles. The normalized spacial score (nSPS) is 16.2. The molecule has 0 unspecified atom stereocenters. The topological polar surface area (TPSA) is 42.8 Å². The molecule has 0 saturated heterocycles. The lowest BCUT2D eigenvalue weighted by Crippen LogP contribution is -2.42. The molecule has 0 aliphatic carbocycles. The van der Waals surface area contributed by atoms with Crippen molar-refractivity contribution in [2.75, 3.05) is 25.6 Å². The second kappa shape index (κ2) is 6.66. The SMILES string of the molecule is COc1ccc(N/C(=C(/C)C2=NCCO2)C(F)(F)C(F)(F)F)cc1. The van der Waals surface area contributed by atoms with Crippen molar-refractivity contribution >= 4 is 11.6 Å². The van der Waals surface area contributed by atoms with E-state index in [1.807, 2.05) is 0 Å². The third kappa shape index (κ3) is 3.60. The molecule has 0 fully saturated rings. The van der Waals surface area contributed by atoms with Gasteiger partial charge in [-0.25, -0.2) is 4.99 Å². The van der Waals surface area contributed by atoms with E-state index in [9.17, 15) is 22.0 Å². The summed E-state index contributed by atoms with van der Waals surface area (Å²) in [5.41, 5.74) is -1.67. The van der Waals surface area contributed by atoms with Gasteiger partial charge in [0.2, 0.25) is 5.90 Å². The molecule has 1 aliphatic heterocycles. The lowest BCUT2D eigenvalue weighted by molar-refractivity contribution is -0.263. The number of methoxy groups -OCH3 is 1. The Morgan fingerprint density at radius 3 is 2.25 bits per heavy atom. The highest BCUT2D eigenvalue weighted by Gasteiger charge is 2.61. The number of alkyl halides is 5. The maximum atomic E-state index is 13.9. The molecule has 24 heavy (non-hydrogen) atoms. The number of ether oxygens (including phenoxy) is 2. The van der Waals surface area contributed by atoms with E-state index in [0.717, 1.165) is 6.92 Å². The van der Waals surface area contributed by atoms with Crippen molar-refractivity contribution in [1.29, 1.82) is 0 Å². The van der Waals surface area contributed by atoms with Crippen LogP contribution in [-0.2, 0) is 4.74 Å². The summed E-state index contributed by atoms with van der Waals surface area (Å²) >= 11 is 0. The third-order valence-corrected chi connectivity index (χ3v) is 3.31. The number of nitrogens with one attached hydrogen (secondary N) is 1. The Bertz CT molecular complexity index is 651. The van der Waals surface area contributed by atoms with Crippen LogP contribution in [0.2, 0.25) is 0 Å². The van der Waals surface area contributed by atoms with Gasteiger partial charge >= 0.3 is 12.1 Å². The summed E-state index contributed by atoms with van der Waals surface area (Å²) in [6.45, 7) is 1.45. The molecule has 0 amide bonds. The number of anilines is 1. The molecule has 1 N–H and O–H groups in total. The molecule has 0 radical (unpaired) electrons. The van der Waals surface area contributed by atoms with Gasteiger partial charge < -0.3 is 14.8 Å². The van der Waals surface area contributed by atoms with Crippen LogP contribution in [0, 0.1) is 0 Å². The Hall–Kier alpha value is -2.32. The van der Waals surface area contributed by atoms with Gasteiger partial charge in [0.1, 0.15) is 18.1 Å². The van der Waals surface area contributed by atoms with Crippen LogP contribution in [0.15, 0.2) is 40.5 Å². The van der Waals surface area contributed by atoms with Gasteiger partial charge in [0.05, 0.1) is 13.7 Å². The number of nitrogens with zero attached hydrogens (tertiary/aromatic N) is 1. The molecule has 0 saturated carbocycles. The molecule has 0 atom stereocenters. The molecular weight excluding hydrogens is 335 g/mol. The fourth-order valence-corrected chi connectivity index (χ4v) is 2.04. The van der Waals surface area contributed by atoms with Crippen LogP contribution in [-0.4, -0.2) is 38.3 Å². The van der Waals surface area contributed by atoms with Crippen LogP contribution in [0.1, 0.15) is 6.92 Å². The number of hydrogen-bond donors (Lipinski definition) is 1. The lowest BCUT2D eigenvalue weighted by atomic mass is 10.1. The van der Waals surface area contributed by atoms with E-state index >= 15 is 0 Å². The number of benzene rings is 1. The van der Waals surface area contributed by atoms with Crippen LogP contribution >= 0.6 is 0 Å². The molecule has 0 spiro atoms. The van der Waals surface area contributed by atoms with Crippen molar-refractivity contribution in [1.82, 2.24) is 0 Å². The maximum Gasteiger partial charge on any atom is 0.459 e. The van der Waals surface area contributed by atoms with E-state index in [-0.39, 0.29) is 24.7 Å². The van der Waals surface area contributed by atoms with E-state index < -0.39 is 23.4 Å². The highest BCUT2D eigenvalue weighted by atomic mass is 19.4. The van der Waals surface area contributed by atoms with Crippen LogP contribution in [0.4, 0.5) is 27.6 Å². The molecule has 4 nitrogen and oxygen atoms in total. The molecule has 0 bridgehead atoms. The Balaban J connectivity index is 2.44. The Kier molecular flexibility index (Phi) is 5.00. The Labute approximate surface area is 135 Å². The standard InChI is InChI=1S/C15H15F5N2O2/c1-9(13-21-7-8-24-13)12(14(16,17)15(18,19)20)22-10-3-5-11(23-2)6-4-10/h3-6,22H,7-8H2,1-2H3/b12-9-. The van der Waals surface area contributed by atoms with Crippen molar-refractivity contribution in [3.05, 3.63) is 35.5 Å². The molecule has 132 valence electrons. The highest BCUT2D eigenvalue weighted by Crippen LogP contribution is 2.42. The molecule has 0 aromatic heterocycles. The van der Waals surface area contributed by atoms with Gasteiger partial charge in [-0.2, -0.15) is 22.0 Å². The number of rotatable bonds is 5. The Morgan fingerprint density at radius 2 is 1.79 bits per heavy atom. The third-order valence-electron chi connectivity index (χ3n) is 3.31. The van der Waals surface area contributed by atoms with Gasteiger partial charge in [-0.15, -0.1) is 0 Å². The first-order valence-corrected chi connectivity index (χ1v) is 6.91. The summed E-state index contributed by atoms with van der Waals surface area (Å²) in [6.07, 6.45) is -5.76. The fraction of sp³-hybridized carbons (Fsp3) is 0.400. The summed E-state index contributed by atoms with van der Waals surface area (Å²) in [6, 6.07) is 5.53. The monoisotopic (exact) mass is 350 g/mol. The van der Waals surface area contributed by atoms with E-state index in [1.54, 1.807) is 0 Å². The summed E-state index contributed by atoms with van der Waals surface area (Å²) in [7, 11) is 1.41. The first-order chi connectivity index (χ1) is 11.2. The molecule has 2 rings (SSSR count). The predicted molar refractivity (Wildman–Crippen MR) is 78.6 cm³/mol. The molecule has 1 aromatic carbocycles. The Morgan fingerprint density at radius 1 is 1.17 bits per heavy atom. The second-order valence-corrected chi connectivity index (χ2v) is 4.96. The highest BCUT2D eigenvalue weighted by molar-refractivity contribution is 5.95. The number of allylic oxidation sites excluding steroid dienone is 1. The second-order valence-electron chi connectivity index (χ2n) is 4.96. The zero-order valence-corrected chi connectivity index (χ0v) is 12.9. The average Bonchev–Trinajstić information content (AvgIpc) is 3.05. The molecule has 1 aliphatic rings. The maximum absolute atomic E-state index is 13.9. The number of aliphatic imine (C=N–C) groups is 1. The van der Waals surface area contributed by atoms with Crippen molar-refractivity contribution < 1.29 is 31.4 Å². The fourth-order valence-electron chi connectivity index (χ4n) is 2.04. The minimum absolute atomic E-state index is 0.0488. The molecule has 9 heteroatoms. The van der Waals surface area contributed by atoms with Crippen LogP contribution in [0.5, 0.6) is 5.75 Å². The molecular formula is C15H15F5N2O2. The van der Waals surface area contributed by atoms with Crippen LogP contribution in [0.25, 0.3) is 0 Å². The summed E-state index contributed by atoms with van der Waals surface area (Å²) < 4.78 is 76.3. The van der Waals surface area contributed by atoms with E-state index in [2.05, 4.69) is 10.3 Å². The lowest BCUT2D eigenvalue weighted by Gasteiger charge is -2.25. The predicted octanol–water partition coefficient (Wildman–Crippen LogP) is 4.01. The van der Waals surface area contributed by atoms with Gasteiger partial charge in [0.25, 0.3) is 0 Å². The molecule has 1 aromatic rings. The first-order valence-electron chi connectivity index (χ1n) is 6.91. The minimum Gasteiger partial charge on any atom is -0.497 e. The number of hydrogen-bond acceptors (Lipinski definition) is 4. The smallest absolute Gasteiger partial charge is 0.459 e. The average molecular weight is 350 g/mol. The number of halogens is 5. The summed E-state index contributed by atoms with van der Waals surface area (Å²) in [5, 5.41) is 2.15. The van der Waals surface area contributed by atoms with Crippen molar-refractivity contribution in [3.63, 3.8) is 0 Å². The first kappa shape index (κ1) is 18.0. The van der Waals surface area contributed by atoms with Gasteiger partial charge in [0, 0.05) is 11.3 Å². The van der Waals surface area contributed by atoms with Gasteiger partial charge in [-0.1, -0.05) is 0 Å². The van der Waals surface area contributed by atoms with Gasteiger partial charge in [-0.3, -0.25) is 0 Å². The minimum atomic E-state index is -5.76. The zero-order valence-electron chi connectivity index (χ0n) is 12.9.